The second kappa shape index (κ2) is 7.63. The summed E-state index contributed by atoms with van der Waals surface area (Å²) in [5, 5.41) is 14.7. The van der Waals surface area contributed by atoms with E-state index in [1.807, 2.05) is 30.3 Å². The first kappa shape index (κ1) is 19.6. The number of benzene rings is 2. The van der Waals surface area contributed by atoms with E-state index >= 15 is 0 Å². The monoisotopic (exact) mass is 401 g/mol. The summed E-state index contributed by atoms with van der Waals surface area (Å²) in [7, 11) is 0. The Morgan fingerprint density at radius 3 is 2.37 bits per heavy atom. The van der Waals surface area contributed by atoms with Crippen LogP contribution in [-0.4, -0.2) is 32.3 Å². The molecule has 0 saturated heterocycles. The number of hydrogen-bond donors (Lipinski definition) is 1. The molecule has 1 N–H and O–H groups in total. The lowest BCUT2D eigenvalue weighted by molar-refractivity contribution is 0.0521. The van der Waals surface area contributed by atoms with E-state index in [0.717, 1.165) is 11.1 Å². The molecule has 0 aliphatic heterocycles. The van der Waals surface area contributed by atoms with Crippen LogP contribution >= 0.6 is 0 Å². The van der Waals surface area contributed by atoms with Gasteiger partial charge in [0.15, 0.2) is 5.65 Å². The van der Waals surface area contributed by atoms with E-state index in [1.54, 1.807) is 13.1 Å². The Morgan fingerprint density at radius 2 is 1.70 bits per heavy atom. The summed E-state index contributed by atoms with van der Waals surface area (Å²) in [4.78, 5) is 16.3. The van der Waals surface area contributed by atoms with E-state index in [4.69, 9.17) is 4.74 Å². The number of carbonyl (C=O) groups excluding carboxylic acids is 1. The summed E-state index contributed by atoms with van der Waals surface area (Å²) < 4.78 is 6.20. The van der Waals surface area contributed by atoms with Crippen LogP contribution in [0.25, 0.3) is 16.8 Å². The Hall–Kier alpha value is -3.67. The normalized spacial score (nSPS) is 11.6. The number of rotatable bonds is 5. The molecule has 0 aliphatic rings. The van der Waals surface area contributed by atoms with E-state index in [9.17, 15) is 9.90 Å². The van der Waals surface area contributed by atoms with Crippen LogP contribution in [0, 0.1) is 0 Å². The van der Waals surface area contributed by atoms with Gasteiger partial charge in [0.25, 0.3) is 0 Å². The largest absolute Gasteiger partial charge is 0.493 e. The molecule has 0 atom stereocenters. The number of esters is 1. The SMILES string of the molecule is CCOC(=O)c1cnc2c(-c3ccc(C(C)(C)c4ccccc4)cc3)cnn2c1O. The van der Waals surface area contributed by atoms with Gasteiger partial charge in [0.1, 0.15) is 5.56 Å². The Bertz CT molecular complexity index is 1200. The maximum atomic E-state index is 12.0. The average molecular weight is 401 g/mol. The fraction of sp³-hybridized carbons (Fsp3) is 0.208. The third-order valence-electron chi connectivity index (χ3n) is 5.41. The molecule has 0 fully saturated rings. The fourth-order valence-corrected chi connectivity index (χ4v) is 3.56. The molecule has 4 rings (SSSR count). The highest BCUT2D eigenvalue weighted by Crippen LogP contribution is 2.33. The first-order chi connectivity index (χ1) is 14.4. The van der Waals surface area contributed by atoms with Crippen molar-refractivity contribution < 1.29 is 14.6 Å². The molecular formula is C24H23N3O3. The number of aromatic nitrogens is 3. The van der Waals surface area contributed by atoms with Crippen molar-refractivity contribution in [2.75, 3.05) is 6.61 Å². The average Bonchev–Trinajstić information content (AvgIpc) is 3.20. The summed E-state index contributed by atoms with van der Waals surface area (Å²) in [6.45, 7) is 6.31. The highest BCUT2D eigenvalue weighted by atomic mass is 16.5. The van der Waals surface area contributed by atoms with Crippen LogP contribution in [0.3, 0.4) is 0 Å². The molecule has 0 aliphatic carbocycles. The van der Waals surface area contributed by atoms with Gasteiger partial charge in [0.05, 0.1) is 12.8 Å². The van der Waals surface area contributed by atoms with Crippen LogP contribution in [0.4, 0.5) is 0 Å². The maximum Gasteiger partial charge on any atom is 0.345 e. The molecule has 4 aromatic rings. The summed E-state index contributed by atoms with van der Waals surface area (Å²) in [6, 6.07) is 18.6. The molecular weight excluding hydrogens is 378 g/mol. The van der Waals surface area contributed by atoms with E-state index in [0.29, 0.717) is 5.65 Å². The van der Waals surface area contributed by atoms with Crippen molar-refractivity contribution in [2.24, 2.45) is 0 Å². The van der Waals surface area contributed by atoms with Crippen molar-refractivity contribution >= 4 is 11.6 Å². The molecule has 6 heteroatoms. The quantitative estimate of drug-likeness (QED) is 0.495. The lowest BCUT2D eigenvalue weighted by Gasteiger charge is -2.26. The first-order valence-electron chi connectivity index (χ1n) is 9.82. The number of fused-ring (bicyclic) bond motifs is 1. The van der Waals surface area contributed by atoms with Gasteiger partial charge in [-0.15, -0.1) is 0 Å². The van der Waals surface area contributed by atoms with Gasteiger partial charge in [-0.1, -0.05) is 68.4 Å². The van der Waals surface area contributed by atoms with E-state index in [1.165, 1.54) is 21.8 Å². The Labute approximate surface area is 174 Å². The third kappa shape index (κ3) is 3.30. The molecule has 0 spiro atoms. The second-order valence-electron chi connectivity index (χ2n) is 7.58. The van der Waals surface area contributed by atoms with Crippen LogP contribution in [-0.2, 0) is 10.2 Å². The molecule has 6 nitrogen and oxygen atoms in total. The predicted molar refractivity (Wildman–Crippen MR) is 115 cm³/mol. The highest BCUT2D eigenvalue weighted by molar-refractivity contribution is 5.92. The highest BCUT2D eigenvalue weighted by Gasteiger charge is 2.23. The molecule has 0 amide bonds. The van der Waals surface area contributed by atoms with Gasteiger partial charge >= 0.3 is 5.97 Å². The van der Waals surface area contributed by atoms with Crippen molar-refractivity contribution in [2.45, 2.75) is 26.2 Å². The lowest BCUT2D eigenvalue weighted by atomic mass is 9.78. The molecule has 2 aromatic heterocycles. The zero-order chi connectivity index (χ0) is 21.3. The van der Waals surface area contributed by atoms with Crippen molar-refractivity contribution in [3.8, 4) is 17.0 Å². The van der Waals surface area contributed by atoms with Crippen LogP contribution in [0.2, 0.25) is 0 Å². The number of aromatic hydroxyl groups is 1. The maximum absolute atomic E-state index is 12.0. The molecule has 2 heterocycles. The minimum atomic E-state index is -0.631. The van der Waals surface area contributed by atoms with Gasteiger partial charge < -0.3 is 9.84 Å². The second-order valence-corrected chi connectivity index (χ2v) is 7.58. The zero-order valence-electron chi connectivity index (χ0n) is 17.2. The number of nitrogens with zero attached hydrogens (tertiary/aromatic N) is 3. The molecule has 0 saturated carbocycles. The number of hydrogen-bond acceptors (Lipinski definition) is 5. The van der Waals surface area contributed by atoms with Gasteiger partial charge in [0, 0.05) is 17.2 Å². The standard InChI is InChI=1S/C24H23N3O3/c1-4-30-23(29)20-14-25-21-19(15-26-27(21)22(20)28)16-10-12-18(13-11-16)24(2,3)17-8-6-5-7-9-17/h5-15,28H,4H2,1-3H3. The van der Waals surface area contributed by atoms with Crippen molar-refractivity contribution in [1.82, 2.24) is 14.6 Å². The summed E-state index contributed by atoms with van der Waals surface area (Å²) in [6.07, 6.45) is 2.95. The number of ether oxygens (including phenoxy) is 1. The summed E-state index contributed by atoms with van der Waals surface area (Å²) in [5.41, 5.74) is 4.44. The lowest BCUT2D eigenvalue weighted by Crippen LogP contribution is -2.18. The summed E-state index contributed by atoms with van der Waals surface area (Å²) in [5.74, 6) is -0.916. The Kier molecular flexibility index (Phi) is 4.99. The molecule has 0 bridgehead atoms. The summed E-state index contributed by atoms with van der Waals surface area (Å²) >= 11 is 0. The molecule has 0 radical (unpaired) electrons. The smallest absolute Gasteiger partial charge is 0.345 e. The Balaban J connectivity index is 1.70. The van der Waals surface area contributed by atoms with Gasteiger partial charge in [0.2, 0.25) is 5.88 Å². The van der Waals surface area contributed by atoms with Gasteiger partial charge in [-0.25, -0.2) is 9.78 Å². The molecule has 0 unspecified atom stereocenters. The van der Waals surface area contributed by atoms with Crippen molar-refractivity contribution in [3.05, 3.63) is 83.7 Å². The van der Waals surface area contributed by atoms with E-state index in [-0.39, 0.29) is 23.5 Å². The zero-order valence-corrected chi connectivity index (χ0v) is 17.2. The minimum absolute atomic E-state index is 0.0149. The predicted octanol–water partition coefficient (Wildman–Crippen LogP) is 4.60. The van der Waals surface area contributed by atoms with E-state index in [2.05, 4.69) is 48.2 Å². The molecule has 2 aromatic carbocycles. The van der Waals surface area contributed by atoms with Crippen molar-refractivity contribution in [3.63, 3.8) is 0 Å². The van der Waals surface area contributed by atoms with Crippen LogP contribution in [0.1, 0.15) is 42.3 Å². The molecule has 30 heavy (non-hydrogen) atoms. The topological polar surface area (TPSA) is 76.7 Å². The Morgan fingerprint density at radius 1 is 1.03 bits per heavy atom. The van der Waals surface area contributed by atoms with Crippen LogP contribution < -0.4 is 0 Å². The van der Waals surface area contributed by atoms with Crippen LogP contribution in [0.5, 0.6) is 5.88 Å². The van der Waals surface area contributed by atoms with Gasteiger partial charge in [-0.05, 0) is 23.6 Å². The third-order valence-corrected chi connectivity index (χ3v) is 5.41. The minimum Gasteiger partial charge on any atom is -0.493 e. The first-order valence-corrected chi connectivity index (χ1v) is 9.82. The van der Waals surface area contributed by atoms with Gasteiger partial charge in [-0.2, -0.15) is 9.61 Å². The number of carbonyl (C=O) groups is 1. The van der Waals surface area contributed by atoms with Crippen LogP contribution in [0.15, 0.2) is 67.0 Å². The van der Waals surface area contributed by atoms with E-state index < -0.39 is 5.97 Å². The fourth-order valence-electron chi connectivity index (χ4n) is 3.56. The van der Waals surface area contributed by atoms with Crippen molar-refractivity contribution in [1.29, 1.82) is 0 Å². The van der Waals surface area contributed by atoms with Gasteiger partial charge in [-0.3, -0.25) is 0 Å². The molecule has 152 valence electrons.